The Kier molecular flexibility index (Phi) is 3.60. The fraction of sp³-hybridized carbons (Fsp3) is 0.400. The van der Waals surface area contributed by atoms with Crippen molar-refractivity contribution in [3.05, 3.63) is 29.8 Å². The van der Waals surface area contributed by atoms with Gasteiger partial charge in [0.05, 0.1) is 5.92 Å². The number of rotatable bonds is 2. The Morgan fingerprint density at radius 1 is 1.19 bits per heavy atom. The van der Waals surface area contributed by atoms with Gasteiger partial charge in [-0.25, -0.2) is 0 Å². The second-order valence-electron chi connectivity index (χ2n) is 5.37. The molecule has 3 amide bonds. The van der Waals surface area contributed by atoms with Crippen LogP contribution >= 0.6 is 0 Å². The van der Waals surface area contributed by atoms with E-state index in [1.54, 1.807) is 0 Å². The topological polar surface area (TPSA) is 87.3 Å². The van der Waals surface area contributed by atoms with Crippen molar-refractivity contribution in [2.24, 2.45) is 0 Å². The Balaban J connectivity index is 1.72. The number of hydrogen-bond donors (Lipinski definition) is 3. The molecule has 0 spiro atoms. The first-order valence-electron chi connectivity index (χ1n) is 7.12. The monoisotopic (exact) mass is 287 g/mol. The van der Waals surface area contributed by atoms with Crippen LogP contribution in [0.1, 0.15) is 30.7 Å². The zero-order valence-corrected chi connectivity index (χ0v) is 11.5. The molecule has 21 heavy (non-hydrogen) atoms. The number of amides is 3. The van der Waals surface area contributed by atoms with Crippen molar-refractivity contribution in [1.82, 2.24) is 10.6 Å². The summed E-state index contributed by atoms with van der Waals surface area (Å²) in [7, 11) is 0. The Bertz CT molecular complexity index is 600. The standard InChI is InChI=1S/C15H17N3O3/c19-13-6-5-12(15(21)18-13)17-14(20)10-7-8-16-11-4-2-1-3-9(10)11/h1-4,10,12,16H,5-8H2,(H,17,20)(H,18,19,21)/t10?,12-/m1/s1. The van der Waals surface area contributed by atoms with Crippen LogP contribution < -0.4 is 16.0 Å². The van der Waals surface area contributed by atoms with Gasteiger partial charge in [0.15, 0.2) is 0 Å². The summed E-state index contributed by atoms with van der Waals surface area (Å²) < 4.78 is 0. The molecule has 1 saturated heterocycles. The largest absolute Gasteiger partial charge is 0.385 e. The molecule has 3 rings (SSSR count). The van der Waals surface area contributed by atoms with Crippen LogP contribution in [0.5, 0.6) is 0 Å². The van der Waals surface area contributed by atoms with Gasteiger partial charge >= 0.3 is 0 Å². The van der Waals surface area contributed by atoms with Crippen molar-refractivity contribution in [1.29, 1.82) is 0 Å². The summed E-state index contributed by atoms with van der Waals surface area (Å²) in [5.41, 5.74) is 1.92. The number of fused-ring (bicyclic) bond motifs is 1. The van der Waals surface area contributed by atoms with E-state index in [2.05, 4.69) is 16.0 Å². The minimum atomic E-state index is -0.614. The summed E-state index contributed by atoms with van der Waals surface area (Å²) in [4.78, 5) is 35.3. The van der Waals surface area contributed by atoms with Crippen molar-refractivity contribution in [2.75, 3.05) is 11.9 Å². The molecule has 2 aliphatic heterocycles. The predicted octanol–water partition coefficient (Wildman–Crippen LogP) is 0.507. The number of benzene rings is 1. The smallest absolute Gasteiger partial charge is 0.249 e. The molecule has 2 aliphatic rings. The number of nitrogens with one attached hydrogen (secondary N) is 3. The average molecular weight is 287 g/mol. The Morgan fingerprint density at radius 3 is 2.81 bits per heavy atom. The minimum absolute atomic E-state index is 0.154. The normalized spacial score (nSPS) is 24.6. The van der Waals surface area contributed by atoms with Gasteiger partial charge in [0.2, 0.25) is 17.7 Å². The summed E-state index contributed by atoms with van der Waals surface area (Å²) in [6.07, 6.45) is 1.32. The van der Waals surface area contributed by atoms with Gasteiger partial charge < -0.3 is 10.6 Å². The number of para-hydroxylation sites is 1. The highest BCUT2D eigenvalue weighted by atomic mass is 16.2. The molecule has 2 heterocycles. The second-order valence-corrected chi connectivity index (χ2v) is 5.37. The minimum Gasteiger partial charge on any atom is -0.385 e. The van der Waals surface area contributed by atoms with Crippen LogP contribution in [-0.2, 0) is 14.4 Å². The predicted molar refractivity (Wildman–Crippen MR) is 76.6 cm³/mol. The van der Waals surface area contributed by atoms with E-state index in [4.69, 9.17) is 0 Å². The molecule has 2 atom stereocenters. The highest BCUT2D eigenvalue weighted by molar-refractivity contribution is 6.02. The molecule has 6 heteroatoms. The highest BCUT2D eigenvalue weighted by Gasteiger charge is 2.32. The van der Waals surface area contributed by atoms with Gasteiger partial charge in [-0.1, -0.05) is 18.2 Å². The van der Waals surface area contributed by atoms with Crippen molar-refractivity contribution < 1.29 is 14.4 Å². The molecule has 1 fully saturated rings. The molecule has 0 saturated carbocycles. The van der Waals surface area contributed by atoms with Gasteiger partial charge in [-0.2, -0.15) is 0 Å². The molecule has 110 valence electrons. The van der Waals surface area contributed by atoms with E-state index in [9.17, 15) is 14.4 Å². The molecule has 0 radical (unpaired) electrons. The molecule has 0 bridgehead atoms. The van der Waals surface area contributed by atoms with Gasteiger partial charge in [0.1, 0.15) is 6.04 Å². The fourth-order valence-electron chi connectivity index (χ4n) is 2.84. The van der Waals surface area contributed by atoms with E-state index in [1.807, 2.05) is 24.3 Å². The first-order valence-corrected chi connectivity index (χ1v) is 7.12. The van der Waals surface area contributed by atoms with Crippen molar-refractivity contribution in [2.45, 2.75) is 31.2 Å². The number of imide groups is 1. The van der Waals surface area contributed by atoms with E-state index in [0.717, 1.165) is 17.8 Å². The zero-order chi connectivity index (χ0) is 14.8. The van der Waals surface area contributed by atoms with E-state index < -0.39 is 11.9 Å². The van der Waals surface area contributed by atoms with Crippen LogP contribution in [-0.4, -0.2) is 30.3 Å². The molecule has 1 aromatic rings. The summed E-state index contributed by atoms with van der Waals surface area (Å²) >= 11 is 0. The summed E-state index contributed by atoms with van der Waals surface area (Å²) in [6, 6.07) is 7.08. The Morgan fingerprint density at radius 2 is 2.00 bits per heavy atom. The molecule has 0 aromatic heterocycles. The van der Waals surface area contributed by atoms with Crippen LogP contribution in [0, 0.1) is 0 Å². The maximum absolute atomic E-state index is 12.5. The Labute approximate surface area is 122 Å². The fourth-order valence-corrected chi connectivity index (χ4v) is 2.84. The van der Waals surface area contributed by atoms with Gasteiger partial charge in [0, 0.05) is 18.7 Å². The number of carbonyl (C=O) groups is 3. The lowest BCUT2D eigenvalue weighted by molar-refractivity contribution is -0.137. The molecule has 1 aromatic carbocycles. The van der Waals surface area contributed by atoms with Crippen molar-refractivity contribution >= 4 is 23.4 Å². The van der Waals surface area contributed by atoms with E-state index in [-0.39, 0.29) is 24.2 Å². The van der Waals surface area contributed by atoms with Crippen LogP contribution in [0.25, 0.3) is 0 Å². The molecular weight excluding hydrogens is 270 g/mol. The van der Waals surface area contributed by atoms with Crippen LogP contribution in [0.2, 0.25) is 0 Å². The maximum Gasteiger partial charge on any atom is 0.249 e. The van der Waals surface area contributed by atoms with Crippen LogP contribution in [0.15, 0.2) is 24.3 Å². The third kappa shape index (κ3) is 2.74. The molecular formula is C15H17N3O3. The Hall–Kier alpha value is -2.37. The van der Waals surface area contributed by atoms with Crippen molar-refractivity contribution in [3.63, 3.8) is 0 Å². The van der Waals surface area contributed by atoms with Gasteiger partial charge in [0.25, 0.3) is 0 Å². The third-order valence-corrected chi connectivity index (χ3v) is 3.96. The first-order chi connectivity index (χ1) is 10.1. The highest BCUT2D eigenvalue weighted by Crippen LogP contribution is 2.31. The molecule has 6 nitrogen and oxygen atoms in total. The summed E-state index contributed by atoms with van der Waals surface area (Å²) in [5, 5.41) is 8.28. The molecule has 0 aliphatic carbocycles. The summed E-state index contributed by atoms with van der Waals surface area (Å²) in [6.45, 7) is 0.727. The number of piperidine rings is 1. The lowest BCUT2D eigenvalue weighted by Gasteiger charge is -2.28. The number of carbonyl (C=O) groups excluding carboxylic acids is 3. The van der Waals surface area contributed by atoms with E-state index in [1.165, 1.54) is 0 Å². The van der Waals surface area contributed by atoms with Crippen molar-refractivity contribution in [3.8, 4) is 0 Å². The van der Waals surface area contributed by atoms with E-state index in [0.29, 0.717) is 12.8 Å². The third-order valence-electron chi connectivity index (χ3n) is 3.96. The quantitative estimate of drug-likeness (QED) is 0.692. The van der Waals surface area contributed by atoms with Gasteiger partial charge in [-0.3, -0.25) is 19.7 Å². The second kappa shape index (κ2) is 5.55. The number of hydrogen-bond acceptors (Lipinski definition) is 4. The average Bonchev–Trinajstić information content (AvgIpc) is 2.49. The van der Waals surface area contributed by atoms with Gasteiger partial charge in [-0.15, -0.1) is 0 Å². The molecule has 3 N–H and O–H groups in total. The zero-order valence-electron chi connectivity index (χ0n) is 11.5. The summed E-state index contributed by atoms with van der Waals surface area (Å²) in [5.74, 6) is -1.11. The van der Waals surface area contributed by atoms with E-state index >= 15 is 0 Å². The maximum atomic E-state index is 12.5. The van der Waals surface area contributed by atoms with Gasteiger partial charge in [-0.05, 0) is 24.5 Å². The molecule has 1 unspecified atom stereocenters. The lowest BCUT2D eigenvalue weighted by Crippen LogP contribution is -2.53. The SMILES string of the molecule is O=C1CC[C@@H](NC(=O)C2CCNc3ccccc32)C(=O)N1. The first kappa shape index (κ1) is 13.6. The van der Waals surface area contributed by atoms with Crippen LogP contribution in [0.3, 0.4) is 0 Å². The lowest BCUT2D eigenvalue weighted by atomic mass is 9.89. The van der Waals surface area contributed by atoms with Crippen LogP contribution in [0.4, 0.5) is 5.69 Å². The number of anilines is 1.